The molecule has 2 atom stereocenters. The van der Waals surface area contributed by atoms with Gasteiger partial charge in [0.25, 0.3) is 0 Å². The number of hydrogen-bond donors (Lipinski definition) is 0. The molecule has 0 spiro atoms. The van der Waals surface area contributed by atoms with E-state index in [0.29, 0.717) is 10.6 Å². The number of hydrogen-bond acceptors (Lipinski definition) is 1. The predicted octanol–water partition coefficient (Wildman–Crippen LogP) is 3.02. The second-order valence-electron chi connectivity index (χ2n) is 4.78. The molecular formula is C13H14BBrO. The topological polar surface area (TPSA) is 9.23 Å². The van der Waals surface area contributed by atoms with Crippen molar-refractivity contribution in [1.29, 1.82) is 0 Å². The molecule has 0 bridgehead atoms. The van der Waals surface area contributed by atoms with Crippen LogP contribution in [0.3, 0.4) is 0 Å². The summed E-state index contributed by atoms with van der Waals surface area (Å²) in [6.07, 6.45) is 12.1. The van der Waals surface area contributed by atoms with E-state index in [-0.39, 0.29) is 0 Å². The molecule has 0 saturated carbocycles. The Morgan fingerprint density at radius 2 is 2.25 bits per heavy atom. The summed E-state index contributed by atoms with van der Waals surface area (Å²) in [5.41, 5.74) is 2.81. The molecule has 0 aromatic carbocycles. The molecule has 0 fully saturated rings. The smallest absolute Gasteiger partial charge is 0.126 e. The molecule has 0 aromatic rings. The second-order valence-corrected chi connectivity index (χ2v) is 5.89. The SMILES string of the molecule is BC1C=CC2=C(CC3=C(O2)C(Br)CC=C3)C1. The van der Waals surface area contributed by atoms with Crippen LogP contribution in [0.25, 0.3) is 0 Å². The van der Waals surface area contributed by atoms with E-state index < -0.39 is 0 Å². The van der Waals surface area contributed by atoms with E-state index >= 15 is 0 Å². The maximum atomic E-state index is 6.03. The largest absolute Gasteiger partial charge is 0.460 e. The van der Waals surface area contributed by atoms with E-state index in [9.17, 15) is 0 Å². The van der Waals surface area contributed by atoms with Gasteiger partial charge in [-0.2, -0.15) is 0 Å². The van der Waals surface area contributed by atoms with Gasteiger partial charge in [0, 0.05) is 6.42 Å². The number of alkyl halides is 1. The van der Waals surface area contributed by atoms with Crippen LogP contribution in [-0.4, -0.2) is 12.7 Å². The van der Waals surface area contributed by atoms with Crippen LogP contribution < -0.4 is 0 Å². The van der Waals surface area contributed by atoms with E-state index in [1.54, 1.807) is 0 Å². The Bertz CT molecular complexity index is 445. The third kappa shape index (κ3) is 1.71. The Hall–Kier alpha value is -0.695. The summed E-state index contributed by atoms with van der Waals surface area (Å²) in [6, 6.07) is 0. The van der Waals surface area contributed by atoms with Gasteiger partial charge < -0.3 is 4.74 Å². The summed E-state index contributed by atoms with van der Waals surface area (Å²) in [5.74, 6) is 2.87. The summed E-state index contributed by atoms with van der Waals surface area (Å²) in [6.45, 7) is 0. The minimum atomic E-state index is 0.356. The van der Waals surface area contributed by atoms with Crippen LogP contribution in [-0.2, 0) is 4.74 Å². The molecule has 0 aromatic heterocycles. The van der Waals surface area contributed by atoms with Crippen LogP contribution in [0.1, 0.15) is 19.3 Å². The minimum Gasteiger partial charge on any atom is -0.460 e. The first-order valence-electron chi connectivity index (χ1n) is 5.86. The van der Waals surface area contributed by atoms with Gasteiger partial charge in [-0.1, -0.05) is 34.2 Å². The molecule has 82 valence electrons. The highest BCUT2D eigenvalue weighted by molar-refractivity contribution is 9.09. The lowest BCUT2D eigenvalue weighted by Gasteiger charge is -2.30. The monoisotopic (exact) mass is 276 g/mol. The molecule has 16 heavy (non-hydrogen) atoms. The molecule has 0 N–H and O–H groups in total. The second kappa shape index (κ2) is 3.95. The van der Waals surface area contributed by atoms with Crippen molar-refractivity contribution in [3.05, 3.63) is 47.0 Å². The molecule has 0 amide bonds. The average molecular weight is 277 g/mol. The highest BCUT2D eigenvalue weighted by Crippen LogP contribution is 2.41. The van der Waals surface area contributed by atoms with Gasteiger partial charge in [-0.05, 0) is 35.9 Å². The van der Waals surface area contributed by atoms with Crippen LogP contribution in [0, 0.1) is 0 Å². The van der Waals surface area contributed by atoms with Gasteiger partial charge in [0.05, 0.1) is 4.83 Å². The highest BCUT2D eigenvalue weighted by atomic mass is 79.9. The van der Waals surface area contributed by atoms with Gasteiger partial charge >= 0.3 is 0 Å². The maximum Gasteiger partial charge on any atom is 0.126 e. The standard InChI is InChI=1S/C13H14BBrO/c14-10-4-5-12-9(7-10)6-8-2-1-3-11(15)13(8)16-12/h1-2,4-5,10-11H,3,6-7,14H2. The number of ether oxygens (including phenoxy) is 1. The van der Waals surface area contributed by atoms with Gasteiger partial charge in [0.1, 0.15) is 19.4 Å². The first-order valence-corrected chi connectivity index (χ1v) is 6.77. The third-order valence-electron chi connectivity index (χ3n) is 3.38. The van der Waals surface area contributed by atoms with Crippen molar-refractivity contribution >= 4 is 23.8 Å². The van der Waals surface area contributed by atoms with Crippen molar-refractivity contribution in [3.8, 4) is 0 Å². The number of rotatable bonds is 0. The first kappa shape index (κ1) is 10.5. The molecular weight excluding hydrogens is 263 g/mol. The fourth-order valence-electron chi connectivity index (χ4n) is 2.54. The van der Waals surface area contributed by atoms with Gasteiger partial charge in [-0.15, -0.1) is 0 Å². The summed E-state index contributed by atoms with van der Waals surface area (Å²) in [5, 5.41) is 0. The molecule has 1 aliphatic heterocycles. The number of allylic oxidation sites excluding steroid dienone is 7. The van der Waals surface area contributed by atoms with Gasteiger partial charge in [0.2, 0.25) is 0 Å². The van der Waals surface area contributed by atoms with Crippen molar-refractivity contribution in [1.82, 2.24) is 0 Å². The molecule has 0 saturated heterocycles. The molecule has 2 unspecified atom stereocenters. The third-order valence-corrected chi connectivity index (χ3v) is 4.17. The fourth-order valence-corrected chi connectivity index (χ4v) is 3.14. The number of halogens is 1. The van der Waals surface area contributed by atoms with E-state index in [0.717, 1.165) is 30.8 Å². The van der Waals surface area contributed by atoms with E-state index in [4.69, 9.17) is 4.74 Å². The van der Waals surface area contributed by atoms with Crippen molar-refractivity contribution in [2.24, 2.45) is 0 Å². The average Bonchev–Trinajstić information content (AvgIpc) is 2.27. The van der Waals surface area contributed by atoms with Crippen LogP contribution in [0.15, 0.2) is 47.0 Å². The Balaban J connectivity index is 1.91. The van der Waals surface area contributed by atoms with E-state index in [1.165, 1.54) is 11.1 Å². The zero-order chi connectivity index (χ0) is 11.1. The van der Waals surface area contributed by atoms with Crippen molar-refractivity contribution < 1.29 is 4.74 Å². The molecule has 3 heteroatoms. The molecule has 0 radical (unpaired) electrons. The summed E-state index contributed by atoms with van der Waals surface area (Å²) >= 11 is 3.68. The fraction of sp³-hybridized carbons (Fsp3) is 0.385. The molecule has 2 aliphatic carbocycles. The molecule has 1 nitrogen and oxygen atoms in total. The quantitative estimate of drug-likeness (QED) is 0.488. The van der Waals surface area contributed by atoms with Gasteiger partial charge in [-0.3, -0.25) is 0 Å². The zero-order valence-corrected chi connectivity index (χ0v) is 11.0. The normalized spacial score (nSPS) is 32.3. The Morgan fingerprint density at radius 1 is 1.38 bits per heavy atom. The lowest BCUT2D eigenvalue weighted by molar-refractivity contribution is 0.285. The molecule has 3 aliphatic rings. The van der Waals surface area contributed by atoms with Crippen molar-refractivity contribution in [3.63, 3.8) is 0 Å². The summed E-state index contributed by atoms with van der Waals surface area (Å²) in [7, 11) is 2.26. The van der Waals surface area contributed by atoms with Gasteiger partial charge in [-0.25, -0.2) is 0 Å². The van der Waals surface area contributed by atoms with Gasteiger partial charge in [0.15, 0.2) is 0 Å². The van der Waals surface area contributed by atoms with Crippen molar-refractivity contribution in [2.45, 2.75) is 29.9 Å². The van der Waals surface area contributed by atoms with E-state index in [1.807, 2.05) is 0 Å². The first-order chi connectivity index (χ1) is 7.74. The highest BCUT2D eigenvalue weighted by Gasteiger charge is 2.27. The molecule has 1 heterocycles. The van der Waals surface area contributed by atoms with E-state index in [2.05, 4.69) is 48.1 Å². The Morgan fingerprint density at radius 3 is 3.12 bits per heavy atom. The molecule has 3 rings (SSSR count). The Kier molecular flexibility index (Phi) is 2.58. The Labute approximate surface area is 105 Å². The minimum absolute atomic E-state index is 0.356. The van der Waals surface area contributed by atoms with Crippen LogP contribution >= 0.6 is 15.9 Å². The summed E-state index contributed by atoms with van der Waals surface area (Å²) < 4.78 is 6.03. The van der Waals surface area contributed by atoms with Crippen LogP contribution in [0.5, 0.6) is 0 Å². The van der Waals surface area contributed by atoms with Crippen LogP contribution in [0.4, 0.5) is 0 Å². The zero-order valence-electron chi connectivity index (χ0n) is 9.37. The van der Waals surface area contributed by atoms with Crippen molar-refractivity contribution in [2.75, 3.05) is 0 Å². The lowest BCUT2D eigenvalue weighted by Crippen LogP contribution is -2.18. The maximum absolute atomic E-state index is 6.03. The predicted molar refractivity (Wildman–Crippen MR) is 72.3 cm³/mol. The van der Waals surface area contributed by atoms with Crippen LogP contribution in [0.2, 0.25) is 5.82 Å². The summed E-state index contributed by atoms with van der Waals surface area (Å²) in [4.78, 5) is 0.356. The lowest BCUT2D eigenvalue weighted by atomic mass is 9.76.